The summed E-state index contributed by atoms with van der Waals surface area (Å²) in [7, 11) is 0. The molecule has 0 amide bonds. The van der Waals surface area contributed by atoms with E-state index < -0.39 is 11.0 Å². The first kappa shape index (κ1) is 10.7. The molecular formula is C8H11Cl2NO2. The fourth-order valence-corrected chi connectivity index (χ4v) is 1.77. The van der Waals surface area contributed by atoms with Gasteiger partial charge in [-0.25, -0.2) is 4.79 Å². The van der Waals surface area contributed by atoms with Gasteiger partial charge in [-0.3, -0.25) is 0 Å². The molecule has 1 rings (SSSR count). The van der Waals surface area contributed by atoms with Crippen molar-refractivity contribution in [2.75, 3.05) is 6.61 Å². The highest BCUT2D eigenvalue weighted by atomic mass is 35.5. The average molecular weight is 224 g/mol. The van der Waals surface area contributed by atoms with E-state index in [0.29, 0.717) is 11.6 Å². The molecule has 0 radical (unpaired) electrons. The second kappa shape index (κ2) is 3.76. The van der Waals surface area contributed by atoms with Crippen LogP contribution in [0.25, 0.3) is 0 Å². The van der Waals surface area contributed by atoms with E-state index in [0.717, 1.165) is 5.70 Å². The fourth-order valence-electron chi connectivity index (χ4n) is 1.12. The molecule has 5 heteroatoms. The first-order valence-electron chi connectivity index (χ1n) is 3.99. The largest absolute Gasteiger partial charge is 0.463 e. The molecule has 0 saturated carbocycles. The number of ether oxygens (including phenoxy) is 1. The van der Waals surface area contributed by atoms with Crippen molar-refractivity contribution in [3.05, 3.63) is 10.7 Å². The van der Waals surface area contributed by atoms with Gasteiger partial charge in [-0.05, 0) is 13.8 Å². The van der Waals surface area contributed by atoms with Crippen LogP contribution in [0, 0.1) is 0 Å². The number of esters is 1. The molecular weight excluding hydrogens is 213 g/mol. The van der Waals surface area contributed by atoms with Crippen LogP contribution < -0.4 is 5.32 Å². The molecule has 1 N–H and O–H groups in total. The minimum atomic E-state index is -1.20. The van der Waals surface area contributed by atoms with Crippen molar-refractivity contribution in [1.82, 2.24) is 5.32 Å². The molecule has 0 spiro atoms. The number of nitrogens with one attached hydrogen (secondary N) is 1. The number of halogens is 2. The Hall–Kier alpha value is -0.410. The Labute approximate surface area is 87.0 Å². The normalized spacial score (nSPS) is 27.4. The summed E-state index contributed by atoms with van der Waals surface area (Å²) in [6.07, 6.45) is 0.279. The summed E-state index contributed by atoms with van der Waals surface area (Å²) in [5.41, 5.74) is 0.727. The highest BCUT2D eigenvalue weighted by Gasteiger charge is 2.43. The molecule has 3 nitrogen and oxygen atoms in total. The minimum Gasteiger partial charge on any atom is -0.463 e. The summed E-state index contributed by atoms with van der Waals surface area (Å²) in [6.45, 7) is 3.81. The molecule has 0 saturated heterocycles. The van der Waals surface area contributed by atoms with Crippen molar-refractivity contribution in [2.24, 2.45) is 0 Å². The van der Waals surface area contributed by atoms with Crippen molar-refractivity contribution < 1.29 is 9.53 Å². The standard InChI is InChI=1S/C8H11Cl2NO2/c1-3-13-7(12)8(10)4-6(9)5(2)11-8/h11H,3-4H2,1-2H3. The zero-order chi connectivity index (χ0) is 10.1. The fraction of sp³-hybridized carbons (Fsp3) is 0.625. The predicted octanol–water partition coefficient (Wildman–Crippen LogP) is 1.95. The molecule has 0 fully saturated rings. The number of rotatable bonds is 2. The van der Waals surface area contributed by atoms with Crippen molar-refractivity contribution in [2.45, 2.75) is 25.3 Å². The first-order chi connectivity index (χ1) is 5.99. The maximum absolute atomic E-state index is 11.4. The van der Waals surface area contributed by atoms with E-state index in [9.17, 15) is 4.79 Å². The second-order valence-corrected chi connectivity index (χ2v) is 3.95. The Balaban J connectivity index is 2.67. The highest BCUT2D eigenvalue weighted by Crippen LogP contribution is 2.33. The Morgan fingerprint density at radius 3 is 2.77 bits per heavy atom. The summed E-state index contributed by atoms with van der Waals surface area (Å²) in [4.78, 5) is 10.2. The van der Waals surface area contributed by atoms with E-state index in [4.69, 9.17) is 27.9 Å². The third-order valence-electron chi connectivity index (χ3n) is 1.79. The molecule has 1 atom stereocenters. The first-order valence-corrected chi connectivity index (χ1v) is 4.75. The summed E-state index contributed by atoms with van der Waals surface area (Å²) >= 11 is 11.8. The van der Waals surface area contributed by atoms with Gasteiger partial charge in [0.15, 0.2) is 0 Å². The molecule has 0 aromatic heterocycles. The van der Waals surface area contributed by atoms with Crippen molar-refractivity contribution in [3.8, 4) is 0 Å². The van der Waals surface area contributed by atoms with Crippen LogP contribution in [-0.2, 0) is 9.53 Å². The van der Waals surface area contributed by atoms with Gasteiger partial charge in [-0.1, -0.05) is 23.2 Å². The monoisotopic (exact) mass is 223 g/mol. The minimum absolute atomic E-state index is 0.279. The Kier molecular flexibility index (Phi) is 3.09. The average Bonchev–Trinajstić information content (AvgIpc) is 2.28. The third-order valence-corrected chi connectivity index (χ3v) is 2.59. The summed E-state index contributed by atoms with van der Waals surface area (Å²) in [5.74, 6) is -0.480. The molecule has 1 aliphatic rings. The van der Waals surface area contributed by atoms with Gasteiger partial charge in [0.25, 0.3) is 0 Å². The maximum Gasteiger partial charge on any atom is 0.347 e. The summed E-state index contributed by atoms with van der Waals surface area (Å²) in [5, 5.41) is 3.38. The van der Waals surface area contributed by atoms with Crippen LogP contribution in [0.3, 0.4) is 0 Å². The van der Waals surface area contributed by atoms with Crippen LogP contribution in [-0.4, -0.2) is 17.6 Å². The summed E-state index contributed by atoms with van der Waals surface area (Å²) in [6, 6.07) is 0. The smallest absolute Gasteiger partial charge is 0.347 e. The zero-order valence-corrected chi connectivity index (χ0v) is 9.00. The number of allylic oxidation sites excluding steroid dienone is 1. The SMILES string of the molecule is CCOC(=O)C1(Cl)CC(Cl)=C(C)N1. The van der Waals surface area contributed by atoms with Gasteiger partial charge in [0.05, 0.1) is 6.61 Å². The second-order valence-electron chi connectivity index (χ2n) is 2.85. The molecule has 74 valence electrons. The van der Waals surface area contributed by atoms with Crippen LogP contribution in [0.5, 0.6) is 0 Å². The van der Waals surface area contributed by atoms with Gasteiger partial charge in [0.2, 0.25) is 5.00 Å². The zero-order valence-electron chi connectivity index (χ0n) is 7.49. The lowest BCUT2D eigenvalue weighted by atomic mass is 10.2. The van der Waals surface area contributed by atoms with Gasteiger partial charge in [0.1, 0.15) is 0 Å². The quantitative estimate of drug-likeness (QED) is 0.442. The van der Waals surface area contributed by atoms with E-state index in [1.54, 1.807) is 13.8 Å². The molecule has 0 aliphatic carbocycles. The van der Waals surface area contributed by atoms with Crippen LogP contribution in [0.4, 0.5) is 0 Å². The molecule has 1 aliphatic heterocycles. The number of alkyl halides is 1. The number of hydrogen-bond donors (Lipinski definition) is 1. The maximum atomic E-state index is 11.4. The van der Waals surface area contributed by atoms with Gasteiger partial charge in [0, 0.05) is 17.2 Å². The Morgan fingerprint density at radius 1 is 1.77 bits per heavy atom. The van der Waals surface area contributed by atoms with Crippen molar-refractivity contribution in [1.29, 1.82) is 0 Å². The molecule has 0 aromatic carbocycles. The number of carbonyl (C=O) groups excluding carboxylic acids is 1. The van der Waals surface area contributed by atoms with E-state index >= 15 is 0 Å². The molecule has 1 heterocycles. The summed E-state index contributed by atoms with van der Waals surface area (Å²) < 4.78 is 4.81. The molecule has 0 bridgehead atoms. The topological polar surface area (TPSA) is 38.3 Å². The Bertz CT molecular complexity index is 249. The van der Waals surface area contributed by atoms with Gasteiger partial charge >= 0.3 is 5.97 Å². The lowest BCUT2D eigenvalue weighted by molar-refractivity contribution is -0.146. The lowest BCUT2D eigenvalue weighted by Crippen LogP contribution is -2.43. The molecule has 1 unspecified atom stereocenters. The van der Waals surface area contributed by atoms with Gasteiger partial charge < -0.3 is 10.1 Å². The van der Waals surface area contributed by atoms with Gasteiger partial charge in [-0.15, -0.1) is 0 Å². The van der Waals surface area contributed by atoms with Crippen LogP contribution >= 0.6 is 23.2 Å². The highest BCUT2D eigenvalue weighted by molar-refractivity contribution is 6.37. The van der Waals surface area contributed by atoms with Crippen molar-refractivity contribution >= 4 is 29.2 Å². The van der Waals surface area contributed by atoms with E-state index in [2.05, 4.69) is 5.32 Å². The van der Waals surface area contributed by atoms with E-state index in [1.807, 2.05) is 0 Å². The van der Waals surface area contributed by atoms with Gasteiger partial charge in [-0.2, -0.15) is 0 Å². The van der Waals surface area contributed by atoms with Crippen LogP contribution in [0.1, 0.15) is 20.3 Å². The van der Waals surface area contributed by atoms with E-state index in [-0.39, 0.29) is 6.42 Å². The van der Waals surface area contributed by atoms with Crippen LogP contribution in [0.15, 0.2) is 10.7 Å². The molecule has 13 heavy (non-hydrogen) atoms. The predicted molar refractivity (Wildman–Crippen MR) is 51.5 cm³/mol. The number of carbonyl (C=O) groups is 1. The third kappa shape index (κ3) is 2.09. The Morgan fingerprint density at radius 2 is 2.38 bits per heavy atom. The number of hydrogen-bond acceptors (Lipinski definition) is 3. The lowest BCUT2D eigenvalue weighted by Gasteiger charge is -2.20. The van der Waals surface area contributed by atoms with Crippen LogP contribution in [0.2, 0.25) is 0 Å². The molecule has 0 aromatic rings. The van der Waals surface area contributed by atoms with Crippen molar-refractivity contribution in [3.63, 3.8) is 0 Å². The van der Waals surface area contributed by atoms with E-state index in [1.165, 1.54) is 0 Å².